The fourth-order valence-corrected chi connectivity index (χ4v) is 2.30. The van der Waals surface area contributed by atoms with Crippen LogP contribution in [0, 0.1) is 0 Å². The molecule has 1 aliphatic heterocycles. The molecule has 5 nitrogen and oxygen atoms in total. The molecule has 0 spiro atoms. The Bertz CT molecular complexity index is 549. The van der Waals surface area contributed by atoms with Gasteiger partial charge in [0.1, 0.15) is 0 Å². The highest BCUT2D eigenvalue weighted by molar-refractivity contribution is 6.42. The summed E-state index contributed by atoms with van der Waals surface area (Å²) in [7, 11) is 0. The summed E-state index contributed by atoms with van der Waals surface area (Å²) in [4.78, 5) is 24.9. The molecule has 0 bridgehead atoms. The molecule has 0 fully saturated rings. The van der Waals surface area contributed by atoms with Gasteiger partial charge in [-0.2, -0.15) is 0 Å². The first kappa shape index (κ1) is 14.9. The van der Waals surface area contributed by atoms with Crippen molar-refractivity contribution in [3.63, 3.8) is 0 Å². The van der Waals surface area contributed by atoms with Crippen LogP contribution in [0.4, 0.5) is 11.4 Å². The van der Waals surface area contributed by atoms with Gasteiger partial charge in [0.15, 0.2) is 0 Å². The molecule has 0 saturated heterocycles. The van der Waals surface area contributed by atoms with Gasteiger partial charge >= 0.3 is 5.97 Å². The third-order valence-corrected chi connectivity index (χ3v) is 3.63. The van der Waals surface area contributed by atoms with Gasteiger partial charge in [-0.05, 0) is 19.1 Å². The number of anilines is 2. The van der Waals surface area contributed by atoms with Gasteiger partial charge in [0.2, 0.25) is 5.91 Å². The van der Waals surface area contributed by atoms with Crippen molar-refractivity contribution in [2.24, 2.45) is 0 Å². The lowest BCUT2D eigenvalue weighted by Crippen LogP contribution is -2.41. The summed E-state index contributed by atoms with van der Waals surface area (Å²) >= 11 is 11.9. The Labute approximate surface area is 126 Å². The fourth-order valence-electron chi connectivity index (χ4n) is 1.98. The standard InChI is InChI=1S/C13H14Cl2N2O3/c1-2-20-13(19)3-4-17-11-6-9(15)8(14)5-10(11)16-7-12(17)18/h5-6,16H,2-4,7H2,1H3. The van der Waals surface area contributed by atoms with Gasteiger partial charge in [-0.25, -0.2) is 0 Å². The first-order chi connectivity index (χ1) is 9.52. The van der Waals surface area contributed by atoms with Crippen LogP contribution >= 0.6 is 23.2 Å². The fraction of sp³-hybridized carbons (Fsp3) is 0.385. The van der Waals surface area contributed by atoms with Crippen molar-refractivity contribution in [3.8, 4) is 0 Å². The van der Waals surface area contributed by atoms with Crippen LogP contribution in [0.1, 0.15) is 13.3 Å². The minimum absolute atomic E-state index is 0.125. The summed E-state index contributed by atoms with van der Waals surface area (Å²) in [6, 6.07) is 3.29. The number of amides is 1. The summed E-state index contributed by atoms with van der Waals surface area (Å²) in [5, 5.41) is 3.75. The monoisotopic (exact) mass is 316 g/mol. The van der Waals surface area contributed by atoms with Crippen LogP contribution < -0.4 is 10.2 Å². The van der Waals surface area contributed by atoms with E-state index in [2.05, 4.69) is 5.32 Å². The number of halogens is 2. The molecule has 0 aliphatic carbocycles. The number of hydrogen-bond acceptors (Lipinski definition) is 4. The molecule has 7 heteroatoms. The molecule has 0 radical (unpaired) electrons. The van der Waals surface area contributed by atoms with Gasteiger partial charge in [-0.15, -0.1) is 0 Å². The van der Waals surface area contributed by atoms with Crippen LogP contribution in [0.2, 0.25) is 10.0 Å². The average Bonchev–Trinajstić information content (AvgIpc) is 2.40. The van der Waals surface area contributed by atoms with Gasteiger partial charge in [-0.1, -0.05) is 23.2 Å². The molecule has 108 valence electrons. The van der Waals surface area contributed by atoms with E-state index in [1.54, 1.807) is 19.1 Å². The Morgan fingerprint density at radius 1 is 1.40 bits per heavy atom. The Kier molecular flexibility index (Phi) is 4.73. The van der Waals surface area contributed by atoms with Gasteiger partial charge < -0.3 is 15.0 Å². The number of benzene rings is 1. The van der Waals surface area contributed by atoms with E-state index in [1.807, 2.05) is 0 Å². The predicted octanol–water partition coefficient (Wildman–Crippen LogP) is 2.71. The van der Waals surface area contributed by atoms with E-state index in [0.29, 0.717) is 22.3 Å². The van der Waals surface area contributed by atoms with Crippen molar-refractivity contribution in [2.45, 2.75) is 13.3 Å². The maximum absolute atomic E-state index is 12.0. The normalized spacial score (nSPS) is 13.8. The molecular weight excluding hydrogens is 303 g/mol. The van der Waals surface area contributed by atoms with Crippen molar-refractivity contribution in [2.75, 3.05) is 29.9 Å². The Balaban J connectivity index is 2.19. The molecule has 1 amide bonds. The number of nitrogens with zero attached hydrogens (tertiary/aromatic N) is 1. The smallest absolute Gasteiger partial charge is 0.307 e. The highest BCUT2D eigenvalue weighted by Crippen LogP contribution is 2.36. The van der Waals surface area contributed by atoms with Crippen molar-refractivity contribution >= 4 is 46.5 Å². The molecule has 0 saturated carbocycles. The number of esters is 1. The molecule has 1 aliphatic rings. The van der Waals surface area contributed by atoms with Crippen LogP contribution in [0.3, 0.4) is 0 Å². The third kappa shape index (κ3) is 3.16. The molecule has 1 aromatic rings. The highest BCUT2D eigenvalue weighted by atomic mass is 35.5. The van der Waals surface area contributed by atoms with Crippen molar-refractivity contribution < 1.29 is 14.3 Å². The van der Waals surface area contributed by atoms with Crippen LogP contribution in [0.5, 0.6) is 0 Å². The lowest BCUT2D eigenvalue weighted by atomic mass is 10.2. The first-order valence-electron chi connectivity index (χ1n) is 6.21. The summed E-state index contributed by atoms with van der Waals surface area (Å²) in [5.41, 5.74) is 1.35. The second-order valence-corrected chi connectivity index (χ2v) is 5.05. The van der Waals surface area contributed by atoms with Gasteiger partial charge in [0.25, 0.3) is 0 Å². The van der Waals surface area contributed by atoms with E-state index in [-0.39, 0.29) is 31.4 Å². The maximum Gasteiger partial charge on any atom is 0.307 e. The molecule has 1 N–H and O–H groups in total. The van der Waals surface area contributed by atoms with E-state index in [0.717, 1.165) is 5.69 Å². The quantitative estimate of drug-likeness (QED) is 0.868. The van der Waals surface area contributed by atoms with Crippen LogP contribution in [-0.2, 0) is 14.3 Å². The molecular formula is C13H14Cl2N2O3. The number of fused-ring (bicyclic) bond motifs is 1. The summed E-state index contributed by atoms with van der Waals surface area (Å²) < 4.78 is 4.86. The van der Waals surface area contributed by atoms with Gasteiger partial charge in [0, 0.05) is 6.54 Å². The number of rotatable bonds is 4. The van der Waals surface area contributed by atoms with Crippen molar-refractivity contribution in [3.05, 3.63) is 22.2 Å². The molecule has 0 unspecified atom stereocenters. The zero-order valence-electron chi connectivity index (χ0n) is 10.9. The molecule has 0 aromatic heterocycles. The second kappa shape index (κ2) is 6.33. The van der Waals surface area contributed by atoms with Gasteiger partial charge in [0.05, 0.1) is 41.0 Å². The Morgan fingerprint density at radius 3 is 2.80 bits per heavy atom. The van der Waals surface area contributed by atoms with Gasteiger partial charge in [-0.3, -0.25) is 9.59 Å². The zero-order valence-corrected chi connectivity index (χ0v) is 12.4. The van der Waals surface area contributed by atoms with E-state index in [1.165, 1.54) is 4.90 Å². The number of nitrogens with one attached hydrogen (secondary N) is 1. The summed E-state index contributed by atoms with van der Waals surface area (Å²) in [6.45, 7) is 2.48. The maximum atomic E-state index is 12.0. The number of ether oxygens (including phenoxy) is 1. The van der Waals surface area contributed by atoms with Crippen LogP contribution in [-0.4, -0.2) is 31.6 Å². The molecule has 2 rings (SSSR count). The number of carbonyl (C=O) groups is 2. The highest BCUT2D eigenvalue weighted by Gasteiger charge is 2.25. The molecule has 20 heavy (non-hydrogen) atoms. The lowest BCUT2D eigenvalue weighted by Gasteiger charge is -2.30. The minimum atomic E-state index is -0.333. The summed E-state index contributed by atoms with van der Waals surface area (Å²) in [6.07, 6.45) is 0.138. The van der Waals surface area contributed by atoms with Crippen molar-refractivity contribution in [1.82, 2.24) is 0 Å². The first-order valence-corrected chi connectivity index (χ1v) is 6.97. The third-order valence-electron chi connectivity index (χ3n) is 2.91. The van der Waals surface area contributed by atoms with E-state index in [4.69, 9.17) is 27.9 Å². The van der Waals surface area contributed by atoms with Crippen LogP contribution in [0.25, 0.3) is 0 Å². The van der Waals surface area contributed by atoms with Crippen molar-refractivity contribution in [1.29, 1.82) is 0 Å². The Hall–Kier alpha value is -1.46. The summed E-state index contributed by atoms with van der Waals surface area (Å²) in [5.74, 6) is -0.458. The molecule has 1 aromatic carbocycles. The molecule has 1 heterocycles. The predicted molar refractivity (Wildman–Crippen MR) is 78.6 cm³/mol. The number of carbonyl (C=O) groups excluding carboxylic acids is 2. The van der Waals surface area contributed by atoms with Crippen LogP contribution in [0.15, 0.2) is 12.1 Å². The van der Waals surface area contributed by atoms with E-state index < -0.39 is 0 Å². The minimum Gasteiger partial charge on any atom is -0.466 e. The average molecular weight is 317 g/mol. The lowest BCUT2D eigenvalue weighted by molar-refractivity contribution is -0.142. The van der Waals surface area contributed by atoms with E-state index in [9.17, 15) is 9.59 Å². The number of hydrogen-bond donors (Lipinski definition) is 1. The zero-order chi connectivity index (χ0) is 14.7. The Morgan fingerprint density at radius 2 is 2.10 bits per heavy atom. The topological polar surface area (TPSA) is 58.6 Å². The van der Waals surface area contributed by atoms with E-state index >= 15 is 0 Å². The molecule has 0 atom stereocenters. The SMILES string of the molecule is CCOC(=O)CCN1C(=O)CNc2cc(Cl)c(Cl)cc21. The largest absolute Gasteiger partial charge is 0.466 e. The second-order valence-electron chi connectivity index (χ2n) is 4.24.